The summed E-state index contributed by atoms with van der Waals surface area (Å²) in [7, 11) is 0. The van der Waals surface area contributed by atoms with E-state index >= 15 is 0 Å². The molecule has 0 aliphatic carbocycles. The monoisotopic (exact) mass is 179 g/mol. The predicted octanol–water partition coefficient (Wildman–Crippen LogP) is 0.250. The molecule has 1 aromatic rings. The molecule has 0 radical (unpaired) electrons. The highest BCUT2D eigenvalue weighted by molar-refractivity contribution is 6.21. The van der Waals surface area contributed by atoms with Gasteiger partial charge in [-0.1, -0.05) is 18.2 Å². The molecule has 1 aromatic carbocycles. The molecule has 1 rings (SSSR count). The first-order valence-corrected chi connectivity index (χ1v) is 3.73. The van der Waals surface area contributed by atoms with Crippen LogP contribution in [-0.4, -0.2) is 12.3 Å². The van der Waals surface area contributed by atoms with Gasteiger partial charge in [0, 0.05) is 12.1 Å². The summed E-state index contributed by atoms with van der Waals surface area (Å²) in [6.07, 6.45) is 0.118. The van der Waals surface area contributed by atoms with E-state index in [1.807, 2.05) is 0 Å². The number of ether oxygens (including phenoxy) is 1. The second-order valence-corrected chi connectivity index (χ2v) is 2.35. The van der Waals surface area contributed by atoms with Gasteiger partial charge >= 0.3 is 5.97 Å². The number of esters is 1. The number of nitrogens with two attached hydrogens (primary N) is 1. The van der Waals surface area contributed by atoms with Gasteiger partial charge in [-0.2, -0.15) is 0 Å². The van der Waals surface area contributed by atoms with E-state index in [-0.39, 0.29) is 12.8 Å². The Balaban J connectivity index is 2.86. The average Bonchev–Trinajstić information content (AvgIpc) is 2.18. The van der Waals surface area contributed by atoms with Crippen LogP contribution in [0.15, 0.2) is 24.3 Å². The van der Waals surface area contributed by atoms with E-state index < -0.39 is 5.97 Å². The van der Waals surface area contributed by atoms with Gasteiger partial charge in [0.25, 0.3) is 0 Å². The minimum Gasteiger partial charge on any atom is -0.421 e. The van der Waals surface area contributed by atoms with Gasteiger partial charge in [0.15, 0.2) is 0 Å². The first-order chi connectivity index (χ1) is 6.27. The summed E-state index contributed by atoms with van der Waals surface area (Å²) in [5, 5.41) is 0. The smallest absolute Gasteiger partial charge is 0.376 e. The van der Waals surface area contributed by atoms with E-state index in [2.05, 4.69) is 0 Å². The van der Waals surface area contributed by atoms with Crippen LogP contribution in [0.4, 0.5) is 0 Å². The van der Waals surface area contributed by atoms with Crippen LogP contribution < -0.4 is 10.5 Å². The maximum absolute atomic E-state index is 10.6. The lowest BCUT2D eigenvalue weighted by molar-refractivity contribution is -0.141. The van der Waals surface area contributed by atoms with Gasteiger partial charge in [-0.25, -0.2) is 4.79 Å². The maximum Gasteiger partial charge on any atom is 0.376 e. The van der Waals surface area contributed by atoms with Crippen molar-refractivity contribution >= 4 is 12.3 Å². The molecule has 0 aliphatic heterocycles. The molecule has 0 heterocycles. The van der Waals surface area contributed by atoms with Gasteiger partial charge in [-0.15, -0.1) is 0 Å². The number of hydrogen-bond donors (Lipinski definition) is 1. The molecule has 4 nitrogen and oxygen atoms in total. The molecule has 0 saturated heterocycles. The summed E-state index contributed by atoms with van der Waals surface area (Å²) in [5.41, 5.74) is 6.08. The van der Waals surface area contributed by atoms with Crippen molar-refractivity contribution < 1.29 is 14.3 Å². The highest BCUT2D eigenvalue weighted by Gasteiger charge is 2.05. The summed E-state index contributed by atoms with van der Waals surface area (Å²) in [6, 6.07) is 6.80. The third-order valence-electron chi connectivity index (χ3n) is 1.50. The third kappa shape index (κ3) is 2.38. The summed E-state index contributed by atoms with van der Waals surface area (Å²) in [5.74, 6) is -0.581. The molecule has 0 amide bonds. The quantitative estimate of drug-likeness (QED) is 0.312. The van der Waals surface area contributed by atoms with E-state index in [4.69, 9.17) is 10.5 Å². The van der Waals surface area contributed by atoms with Crippen LogP contribution in [0.25, 0.3) is 0 Å². The molecule has 4 heteroatoms. The van der Waals surface area contributed by atoms with Crippen molar-refractivity contribution in [2.45, 2.75) is 6.54 Å². The van der Waals surface area contributed by atoms with Crippen LogP contribution in [0.2, 0.25) is 0 Å². The first-order valence-electron chi connectivity index (χ1n) is 3.73. The lowest BCUT2D eigenvalue weighted by Gasteiger charge is -2.04. The van der Waals surface area contributed by atoms with Crippen molar-refractivity contribution in [3.8, 4) is 5.75 Å². The molecule has 0 aromatic heterocycles. The fourth-order valence-corrected chi connectivity index (χ4v) is 0.904. The highest BCUT2D eigenvalue weighted by Crippen LogP contribution is 2.16. The second-order valence-electron chi connectivity index (χ2n) is 2.35. The molecular formula is C9H9NO3. The van der Waals surface area contributed by atoms with Gasteiger partial charge in [0.1, 0.15) is 5.75 Å². The number of para-hydroxylation sites is 1. The molecule has 13 heavy (non-hydrogen) atoms. The Morgan fingerprint density at radius 1 is 1.46 bits per heavy atom. The van der Waals surface area contributed by atoms with Crippen LogP contribution in [0.1, 0.15) is 5.56 Å². The maximum atomic E-state index is 10.6. The number of aldehydes is 1. The zero-order valence-corrected chi connectivity index (χ0v) is 6.90. The molecular weight excluding hydrogens is 170 g/mol. The molecule has 0 atom stereocenters. The summed E-state index contributed by atoms with van der Waals surface area (Å²) in [6.45, 7) is 0.266. The first kappa shape index (κ1) is 9.41. The van der Waals surface area contributed by atoms with E-state index in [0.717, 1.165) is 0 Å². The Kier molecular flexibility index (Phi) is 3.16. The van der Waals surface area contributed by atoms with Gasteiger partial charge < -0.3 is 10.5 Å². The Hall–Kier alpha value is -1.68. The minimum atomic E-state index is -0.916. The Morgan fingerprint density at radius 3 is 2.77 bits per heavy atom. The van der Waals surface area contributed by atoms with Gasteiger partial charge in [-0.05, 0) is 6.07 Å². The van der Waals surface area contributed by atoms with E-state index in [1.165, 1.54) is 0 Å². The third-order valence-corrected chi connectivity index (χ3v) is 1.50. The summed E-state index contributed by atoms with van der Waals surface area (Å²) >= 11 is 0. The van der Waals surface area contributed by atoms with Crippen molar-refractivity contribution in [2.24, 2.45) is 5.73 Å². The van der Waals surface area contributed by atoms with Crippen molar-refractivity contribution in [3.05, 3.63) is 29.8 Å². The standard InChI is InChI=1S/C9H9NO3/c10-5-7-3-1-2-4-8(7)13-9(12)6-11/h1-4,6H,5,10H2. The van der Waals surface area contributed by atoms with Gasteiger partial charge in [0.05, 0.1) is 0 Å². The minimum absolute atomic E-state index is 0.118. The van der Waals surface area contributed by atoms with E-state index in [0.29, 0.717) is 11.3 Å². The van der Waals surface area contributed by atoms with Crippen molar-refractivity contribution in [3.63, 3.8) is 0 Å². The normalized spacial score (nSPS) is 9.31. The molecule has 0 fully saturated rings. The second kappa shape index (κ2) is 4.37. The lowest BCUT2D eigenvalue weighted by Crippen LogP contribution is -2.11. The molecule has 68 valence electrons. The molecule has 0 unspecified atom stereocenters. The van der Waals surface area contributed by atoms with Crippen molar-refractivity contribution in [2.75, 3.05) is 0 Å². The molecule has 0 saturated carbocycles. The summed E-state index contributed by atoms with van der Waals surface area (Å²) in [4.78, 5) is 20.6. The highest BCUT2D eigenvalue weighted by atomic mass is 16.5. The zero-order valence-electron chi connectivity index (χ0n) is 6.90. The topological polar surface area (TPSA) is 69.4 Å². The fourth-order valence-electron chi connectivity index (χ4n) is 0.904. The molecule has 0 aliphatic rings. The number of benzene rings is 1. The lowest BCUT2D eigenvalue weighted by atomic mass is 10.2. The number of rotatable bonds is 3. The van der Waals surface area contributed by atoms with Crippen LogP contribution >= 0.6 is 0 Å². The SMILES string of the molecule is NCc1ccccc1OC(=O)C=O. The van der Waals surface area contributed by atoms with Crippen molar-refractivity contribution in [1.29, 1.82) is 0 Å². The fraction of sp³-hybridized carbons (Fsp3) is 0.111. The molecule has 2 N–H and O–H groups in total. The number of hydrogen-bond acceptors (Lipinski definition) is 4. The van der Waals surface area contributed by atoms with Crippen molar-refractivity contribution in [1.82, 2.24) is 0 Å². The Labute approximate surface area is 75.3 Å². The van der Waals surface area contributed by atoms with E-state index in [1.54, 1.807) is 24.3 Å². The number of carbonyl (C=O) groups is 2. The Morgan fingerprint density at radius 2 is 2.15 bits per heavy atom. The summed E-state index contributed by atoms with van der Waals surface area (Å²) < 4.78 is 4.70. The largest absolute Gasteiger partial charge is 0.421 e. The Bertz CT molecular complexity index is 322. The predicted molar refractivity (Wildman–Crippen MR) is 46.0 cm³/mol. The van der Waals surface area contributed by atoms with Gasteiger partial charge in [0.2, 0.25) is 6.29 Å². The zero-order chi connectivity index (χ0) is 9.68. The van der Waals surface area contributed by atoms with Crippen LogP contribution in [0, 0.1) is 0 Å². The van der Waals surface area contributed by atoms with E-state index in [9.17, 15) is 9.59 Å². The van der Waals surface area contributed by atoms with Crippen LogP contribution in [0.3, 0.4) is 0 Å². The number of carbonyl (C=O) groups excluding carboxylic acids is 2. The molecule has 0 bridgehead atoms. The van der Waals surface area contributed by atoms with Gasteiger partial charge in [-0.3, -0.25) is 4.79 Å². The average molecular weight is 179 g/mol. The van der Waals surface area contributed by atoms with Crippen LogP contribution in [0.5, 0.6) is 5.75 Å². The molecule has 0 spiro atoms. The van der Waals surface area contributed by atoms with Crippen LogP contribution in [-0.2, 0) is 16.1 Å².